The number of allylic oxidation sites excluding steroid dienone is 1. The molecule has 7 heteroatoms. The average molecular weight is 617 g/mol. The van der Waals surface area contributed by atoms with Crippen LogP contribution >= 0.6 is 0 Å². The van der Waals surface area contributed by atoms with Gasteiger partial charge < -0.3 is 21.7 Å². The molecule has 8 unspecified atom stereocenters. The van der Waals surface area contributed by atoms with Crippen molar-refractivity contribution in [2.75, 3.05) is 39.3 Å². The van der Waals surface area contributed by atoms with Crippen LogP contribution in [0.5, 0.6) is 0 Å². The lowest BCUT2D eigenvalue weighted by Crippen LogP contribution is -2.51. The van der Waals surface area contributed by atoms with Crippen LogP contribution < -0.4 is 16.8 Å². The van der Waals surface area contributed by atoms with Crippen LogP contribution in [0.4, 0.5) is 4.79 Å². The van der Waals surface area contributed by atoms with Gasteiger partial charge in [0, 0.05) is 26.2 Å². The molecule has 0 heterocycles. The first kappa shape index (κ1) is 35.7. The molecule has 44 heavy (non-hydrogen) atoms. The van der Waals surface area contributed by atoms with E-state index in [9.17, 15) is 4.79 Å². The number of carbonyl (C=O) groups is 1. The van der Waals surface area contributed by atoms with Gasteiger partial charge in [0.2, 0.25) is 0 Å². The first-order valence-electron chi connectivity index (χ1n) is 18.6. The van der Waals surface area contributed by atoms with Gasteiger partial charge in [-0.15, -0.1) is 0 Å². The third kappa shape index (κ3) is 8.41. The molecule has 0 aromatic carbocycles. The van der Waals surface area contributed by atoms with Crippen LogP contribution in [0.1, 0.15) is 125 Å². The maximum absolute atomic E-state index is 13.0. The number of fused-ring (bicyclic) bond motifs is 5. The molecule has 0 radical (unpaired) electrons. The molecule has 5 N–H and O–H groups in total. The Morgan fingerprint density at radius 1 is 0.955 bits per heavy atom. The molecule has 7 nitrogen and oxygen atoms in total. The third-order valence-corrected chi connectivity index (χ3v) is 12.8. The number of hydrogen-bond acceptors (Lipinski definition) is 6. The number of carbonyl (C=O) groups excluding carboxylic acids is 1. The standard InChI is InChI=1S/C37H68N4O3/c1-27(2)10-8-11-28(3)32-14-15-33-31-13-12-29-26-30(16-18-36(29,4)34(31)17-19-37(32,33)5)43-44-35(42)41(25-9-20-38)24-7-6-22-40-23-21-39/h12,27-28,30-34,40H,6-11,13-26,38-39H2,1-5H3. The van der Waals surface area contributed by atoms with Crippen molar-refractivity contribution in [3.8, 4) is 0 Å². The van der Waals surface area contributed by atoms with Crippen molar-refractivity contribution >= 4 is 6.09 Å². The first-order valence-corrected chi connectivity index (χ1v) is 18.6. The van der Waals surface area contributed by atoms with Crippen molar-refractivity contribution in [3.05, 3.63) is 11.6 Å². The summed E-state index contributed by atoms with van der Waals surface area (Å²) in [5.74, 6) is 5.05. The second-order valence-electron chi connectivity index (χ2n) is 16.0. The zero-order valence-corrected chi connectivity index (χ0v) is 29.1. The highest BCUT2D eigenvalue weighted by atomic mass is 17.2. The highest BCUT2D eigenvalue weighted by Crippen LogP contribution is 2.67. The van der Waals surface area contributed by atoms with Crippen LogP contribution in [0.25, 0.3) is 0 Å². The molecule has 0 spiro atoms. The van der Waals surface area contributed by atoms with Crippen LogP contribution in [0.2, 0.25) is 0 Å². The Morgan fingerprint density at radius 3 is 2.50 bits per heavy atom. The summed E-state index contributed by atoms with van der Waals surface area (Å²) in [6.45, 7) is 16.7. The van der Waals surface area contributed by atoms with Gasteiger partial charge in [0.25, 0.3) is 0 Å². The van der Waals surface area contributed by atoms with Crippen molar-refractivity contribution < 1.29 is 14.6 Å². The van der Waals surface area contributed by atoms with E-state index in [-0.39, 0.29) is 17.6 Å². The van der Waals surface area contributed by atoms with Crippen LogP contribution in [0.15, 0.2) is 11.6 Å². The fourth-order valence-corrected chi connectivity index (χ4v) is 10.3. The van der Waals surface area contributed by atoms with Crippen molar-refractivity contribution in [1.82, 2.24) is 10.2 Å². The van der Waals surface area contributed by atoms with Crippen LogP contribution in [0.3, 0.4) is 0 Å². The number of rotatable bonds is 17. The van der Waals surface area contributed by atoms with Crippen molar-refractivity contribution in [1.29, 1.82) is 0 Å². The number of unbranched alkanes of at least 4 members (excludes halogenated alkanes) is 1. The van der Waals surface area contributed by atoms with Crippen LogP contribution in [0, 0.1) is 46.3 Å². The molecule has 3 fully saturated rings. The summed E-state index contributed by atoms with van der Waals surface area (Å²) in [4.78, 5) is 26.1. The average Bonchev–Trinajstić information content (AvgIpc) is 3.36. The molecule has 0 bridgehead atoms. The summed E-state index contributed by atoms with van der Waals surface area (Å²) in [7, 11) is 0. The largest absolute Gasteiger partial charge is 0.441 e. The molecule has 3 saturated carbocycles. The molecule has 0 saturated heterocycles. The fraction of sp³-hybridized carbons (Fsp3) is 0.919. The van der Waals surface area contributed by atoms with E-state index in [1.807, 2.05) is 0 Å². The van der Waals surface area contributed by atoms with Crippen LogP contribution in [-0.2, 0) is 9.78 Å². The first-order chi connectivity index (χ1) is 21.1. The number of hydrogen-bond donors (Lipinski definition) is 3. The lowest BCUT2D eigenvalue weighted by molar-refractivity contribution is -0.284. The molecule has 0 aliphatic heterocycles. The van der Waals surface area contributed by atoms with Gasteiger partial charge in [-0.25, -0.2) is 4.79 Å². The molecule has 8 atom stereocenters. The maximum Gasteiger partial charge on any atom is 0.441 e. The molecule has 4 aliphatic rings. The molecule has 0 aromatic heterocycles. The lowest BCUT2D eigenvalue weighted by atomic mass is 9.47. The van der Waals surface area contributed by atoms with Crippen molar-refractivity contribution in [3.63, 3.8) is 0 Å². The molecular formula is C37H68N4O3. The highest BCUT2D eigenvalue weighted by molar-refractivity contribution is 5.66. The Bertz CT molecular complexity index is 926. The topological polar surface area (TPSA) is 103 Å². The van der Waals surface area contributed by atoms with E-state index in [0.29, 0.717) is 31.6 Å². The highest BCUT2D eigenvalue weighted by Gasteiger charge is 2.59. The summed E-state index contributed by atoms with van der Waals surface area (Å²) >= 11 is 0. The Labute approximate surface area is 269 Å². The normalized spacial score (nSPS) is 33.7. The fourth-order valence-electron chi connectivity index (χ4n) is 10.3. The predicted molar refractivity (Wildman–Crippen MR) is 181 cm³/mol. The molecule has 4 aliphatic carbocycles. The number of nitrogens with two attached hydrogens (primary N) is 2. The molecule has 1 amide bonds. The monoisotopic (exact) mass is 617 g/mol. The summed E-state index contributed by atoms with van der Waals surface area (Å²) in [6.07, 6.45) is 18.8. The third-order valence-electron chi connectivity index (χ3n) is 12.8. The quantitative estimate of drug-likeness (QED) is 0.0679. The van der Waals surface area contributed by atoms with Crippen LogP contribution in [-0.4, -0.2) is 56.4 Å². The SMILES string of the molecule is CC(C)CCCC(C)C1CCC2C3CC=C4CC(OOC(=O)N(CCCN)CCCCNCCN)CCC4(C)C3CCC12C. The van der Waals surface area contributed by atoms with E-state index < -0.39 is 0 Å². The van der Waals surface area contributed by atoms with E-state index in [1.165, 1.54) is 51.4 Å². The van der Waals surface area contributed by atoms with Crippen molar-refractivity contribution in [2.24, 2.45) is 57.8 Å². The summed E-state index contributed by atoms with van der Waals surface area (Å²) in [6, 6.07) is 0. The van der Waals surface area contributed by atoms with Gasteiger partial charge in [0.15, 0.2) is 0 Å². The van der Waals surface area contributed by atoms with E-state index in [4.69, 9.17) is 21.2 Å². The Morgan fingerprint density at radius 2 is 1.75 bits per heavy atom. The second-order valence-corrected chi connectivity index (χ2v) is 16.0. The predicted octanol–water partition coefficient (Wildman–Crippen LogP) is 7.44. The maximum atomic E-state index is 13.0. The number of nitrogens with one attached hydrogen (secondary N) is 1. The number of nitrogens with zero attached hydrogens (tertiary/aromatic N) is 1. The lowest BCUT2D eigenvalue weighted by Gasteiger charge is -2.58. The zero-order chi connectivity index (χ0) is 31.7. The van der Waals surface area contributed by atoms with Gasteiger partial charge in [-0.3, -0.25) is 4.89 Å². The second kappa shape index (κ2) is 16.6. The van der Waals surface area contributed by atoms with E-state index in [2.05, 4.69) is 46.0 Å². The molecule has 4 rings (SSSR count). The Kier molecular flexibility index (Phi) is 13.5. The van der Waals surface area contributed by atoms with Gasteiger partial charge in [0.1, 0.15) is 6.10 Å². The van der Waals surface area contributed by atoms with Gasteiger partial charge in [-0.2, -0.15) is 4.89 Å². The smallest absolute Gasteiger partial charge is 0.330 e. The van der Waals surface area contributed by atoms with E-state index in [0.717, 1.165) is 87.1 Å². The Balaban J connectivity index is 1.30. The summed E-state index contributed by atoms with van der Waals surface area (Å²) < 4.78 is 0. The Hall–Kier alpha value is -1.15. The van der Waals surface area contributed by atoms with Gasteiger partial charge in [0.05, 0.1) is 0 Å². The molecule has 0 aromatic rings. The molecular weight excluding hydrogens is 548 g/mol. The van der Waals surface area contributed by atoms with E-state index in [1.54, 1.807) is 10.5 Å². The van der Waals surface area contributed by atoms with E-state index >= 15 is 0 Å². The summed E-state index contributed by atoms with van der Waals surface area (Å²) in [5.41, 5.74) is 13.6. The van der Waals surface area contributed by atoms with Crippen molar-refractivity contribution in [2.45, 2.75) is 131 Å². The minimum Gasteiger partial charge on any atom is -0.330 e. The number of amides is 1. The van der Waals surface area contributed by atoms with Gasteiger partial charge in [-0.1, -0.05) is 65.5 Å². The van der Waals surface area contributed by atoms with Gasteiger partial charge >= 0.3 is 6.09 Å². The minimum atomic E-state index is -0.375. The van der Waals surface area contributed by atoms with Gasteiger partial charge in [-0.05, 0) is 130 Å². The summed E-state index contributed by atoms with van der Waals surface area (Å²) in [5, 5.41) is 3.31. The molecule has 254 valence electrons. The zero-order valence-electron chi connectivity index (χ0n) is 29.1. The minimum absolute atomic E-state index is 0.0527.